The van der Waals surface area contributed by atoms with Crippen LogP contribution in [0.2, 0.25) is 0 Å². The average molecular weight is 329 g/mol. The summed E-state index contributed by atoms with van der Waals surface area (Å²) in [6, 6.07) is 8.52. The van der Waals surface area contributed by atoms with Crippen molar-refractivity contribution in [1.29, 1.82) is 0 Å². The molecule has 0 fully saturated rings. The Hall–Kier alpha value is -2.77. The number of rotatable bonds is 5. The fourth-order valence-corrected chi connectivity index (χ4v) is 1.82. The lowest BCUT2D eigenvalue weighted by Gasteiger charge is -2.11. The molecule has 0 saturated heterocycles. The summed E-state index contributed by atoms with van der Waals surface area (Å²) >= 11 is 0. The molecule has 2 N–H and O–H groups in total. The van der Waals surface area contributed by atoms with Gasteiger partial charge in [-0.1, -0.05) is 12.1 Å². The number of carbonyl (C=O) groups is 1. The third-order valence-corrected chi connectivity index (χ3v) is 2.85. The van der Waals surface area contributed by atoms with Gasteiger partial charge in [-0.15, -0.1) is 13.2 Å². The van der Waals surface area contributed by atoms with E-state index in [9.17, 15) is 22.4 Å². The van der Waals surface area contributed by atoms with Gasteiger partial charge < -0.3 is 15.2 Å². The first-order valence-electron chi connectivity index (χ1n) is 6.36. The van der Waals surface area contributed by atoms with Crippen LogP contribution in [-0.2, 0) is 6.54 Å². The minimum atomic E-state index is -4.79. The minimum Gasteiger partial charge on any atom is -0.478 e. The molecule has 2 aromatic carbocycles. The van der Waals surface area contributed by atoms with Crippen molar-refractivity contribution < 1.29 is 32.2 Å². The number of anilines is 1. The van der Waals surface area contributed by atoms with Crippen molar-refractivity contribution in [2.75, 3.05) is 5.32 Å². The van der Waals surface area contributed by atoms with Gasteiger partial charge in [-0.2, -0.15) is 0 Å². The highest BCUT2D eigenvalue weighted by Gasteiger charge is 2.31. The van der Waals surface area contributed by atoms with E-state index in [0.717, 1.165) is 18.2 Å². The van der Waals surface area contributed by atoms with Crippen LogP contribution in [-0.4, -0.2) is 17.4 Å². The highest BCUT2D eigenvalue weighted by atomic mass is 19.4. The average Bonchev–Trinajstić information content (AvgIpc) is 2.44. The van der Waals surface area contributed by atoms with Crippen LogP contribution in [0, 0.1) is 5.82 Å². The normalized spacial score (nSPS) is 11.1. The van der Waals surface area contributed by atoms with E-state index in [0.29, 0.717) is 5.69 Å². The van der Waals surface area contributed by atoms with Crippen LogP contribution in [0.5, 0.6) is 5.75 Å². The standard InChI is InChI=1S/C15H11F4NO3/c16-13-6-9(14(21)22)4-5-10(13)8-20-11-2-1-3-12(7-11)23-15(17,18)19/h1-7,20H,8H2,(H,21,22). The van der Waals surface area contributed by atoms with Gasteiger partial charge in [-0.25, -0.2) is 9.18 Å². The zero-order chi connectivity index (χ0) is 17.0. The molecule has 0 aliphatic rings. The number of alkyl halides is 3. The van der Waals surface area contributed by atoms with Crippen molar-refractivity contribution in [2.45, 2.75) is 12.9 Å². The summed E-state index contributed by atoms with van der Waals surface area (Å²) in [4.78, 5) is 10.7. The Morgan fingerprint density at radius 2 is 1.91 bits per heavy atom. The van der Waals surface area contributed by atoms with Crippen molar-refractivity contribution in [1.82, 2.24) is 0 Å². The maximum absolute atomic E-state index is 13.7. The Morgan fingerprint density at radius 3 is 2.52 bits per heavy atom. The fourth-order valence-electron chi connectivity index (χ4n) is 1.82. The molecule has 0 aromatic heterocycles. The molecule has 0 heterocycles. The van der Waals surface area contributed by atoms with Crippen molar-refractivity contribution in [3.8, 4) is 5.75 Å². The fraction of sp³-hybridized carbons (Fsp3) is 0.133. The summed E-state index contributed by atoms with van der Waals surface area (Å²) in [5.41, 5.74) is 0.289. The van der Waals surface area contributed by atoms with E-state index in [1.807, 2.05) is 0 Å². The summed E-state index contributed by atoms with van der Waals surface area (Å²) in [7, 11) is 0. The van der Waals surface area contributed by atoms with Crippen molar-refractivity contribution in [2.24, 2.45) is 0 Å². The van der Waals surface area contributed by atoms with Crippen LogP contribution in [0.25, 0.3) is 0 Å². The lowest BCUT2D eigenvalue weighted by molar-refractivity contribution is -0.274. The lowest BCUT2D eigenvalue weighted by atomic mass is 10.1. The summed E-state index contributed by atoms with van der Waals surface area (Å²) in [6.45, 7) is -0.0266. The van der Waals surface area contributed by atoms with Crippen LogP contribution in [0.1, 0.15) is 15.9 Å². The van der Waals surface area contributed by atoms with E-state index in [2.05, 4.69) is 10.1 Å². The Balaban J connectivity index is 2.06. The van der Waals surface area contributed by atoms with Crippen LogP contribution in [0.15, 0.2) is 42.5 Å². The Kier molecular flexibility index (Phi) is 4.73. The van der Waals surface area contributed by atoms with Gasteiger partial charge in [0.05, 0.1) is 5.56 Å². The van der Waals surface area contributed by atoms with Gasteiger partial charge >= 0.3 is 12.3 Å². The largest absolute Gasteiger partial charge is 0.573 e. The number of carboxylic acid groups (broad SMARTS) is 1. The number of benzene rings is 2. The zero-order valence-corrected chi connectivity index (χ0v) is 11.5. The van der Waals surface area contributed by atoms with Crippen LogP contribution in [0.4, 0.5) is 23.2 Å². The van der Waals surface area contributed by atoms with Gasteiger partial charge in [0.25, 0.3) is 0 Å². The lowest BCUT2D eigenvalue weighted by Crippen LogP contribution is -2.17. The Labute approximate surface area is 128 Å². The van der Waals surface area contributed by atoms with Gasteiger partial charge in [0.15, 0.2) is 0 Å². The topological polar surface area (TPSA) is 58.6 Å². The first-order chi connectivity index (χ1) is 10.7. The van der Waals surface area contributed by atoms with Gasteiger partial charge in [0.1, 0.15) is 11.6 Å². The van der Waals surface area contributed by atoms with Crippen LogP contribution < -0.4 is 10.1 Å². The molecule has 23 heavy (non-hydrogen) atoms. The smallest absolute Gasteiger partial charge is 0.478 e. The summed E-state index contributed by atoms with van der Waals surface area (Å²) in [5.74, 6) is -2.37. The molecule has 122 valence electrons. The molecule has 2 rings (SSSR count). The molecule has 2 aromatic rings. The molecule has 4 nitrogen and oxygen atoms in total. The summed E-state index contributed by atoms with van der Waals surface area (Å²) < 4.78 is 53.9. The third-order valence-electron chi connectivity index (χ3n) is 2.85. The predicted molar refractivity (Wildman–Crippen MR) is 73.8 cm³/mol. The number of aromatic carboxylic acids is 1. The predicted octanol–water partition coefficient (Wildman–Crippen LogP) is 4.03. The molecule has 0 bridgehead atoms. The molecule has 0 aliphatic carbocycles. The SMILES string of the molecule is O=C(O)c1ccc(CNc2cccc(OC(F)(F)F)c2)c(F)c1. The first kappa shape index (κ1) is 16.6. The highest BCUT2D eigenvalue weighted by Crippen LogP contribution is 2.25. The number of nitrogens with one attached hydrogen (secondary N) is 1. The third kappa shape index (κ3) is 4.87. The van der Waals surface area contributed by atoms with Crippen LogP contribution in [0.3, 0.4) is 0 Å². The Morgan fingerprint density at radius 1 is 1.17 bits per heavy atom. The molecule has 0 atom stereocenters. The van der Waals surface area contributed by atoms with E-state index >= 15 is 0 Å². The van der Waals surface area contributed by atoms with Gasteiger partial charge in [-0.3, -0.25) is 0 Å². The first-order valence-corrected chi connectivity index (χ1v) is 6.36. The van der Waals surface area contributed by atoms with Crippen molar-refractivity contribution >= 4 is 11.7 Å². The Bertz CT molecular complexity index is 716. The number of carboxylic acids is 1. The van der Waals surface area contributed by atoms with Gasteiger partial charge in [0.2, 0.25) is 0 Å². The summed E-state index contributed by atoms with van der Waals surface area (Å²) in [6.07, 6.45) is -4.79. The van der Waals surface area contributed by atoms with Crippen molar-refractivity contribution in [3.05, 3.63) is 59.4 Å². The minimum absolute atomic E-state index is 0.0266. The number of halogens is 4. The van der Waals surface area contributed by atoms with E-state index in [4.69, 9.17) is 5.11 Å². The van der Waals surface area contributed by atoms with E-state index in [-0.39, 0.29) is 17.7 Å². The molecule has 8 heteroatoms. The van der Waals surface area contributed by atoms with Crippen molar-refractivity contribution in [3.63, 3.8) is 0 Å². The second-order valence-electron chi connectivity index (χ2n) is 4.54. The number of hydrogen-bond acceptors (Lipinski definition) is 3. The van der Waals surface area contributed by atoms with E-state index in [1.165, 1.54) is 24.3 Å². The quantitative estimate of drug-likeness (QED) is 0.813. The molecule has 0 spiro atoms. The molecule has 0 unspecified atom stereocenters. The van der Waals surface area contributed by atoms with Crippen LogP contribution >= 0.6 is 0 Å². The van der Waals surface area contributed by atoms with E-state index in [1.54, 1.807) is 0 Å². The molecular weight excluding hydrogens is 318 g/mol. The second kappa shape index (κ2) is 6.55. The number of hydrogen-bond donors (Lipinski definition) is 2. The second-order valence-corrected chi connectivity index (χ2v) is 4.54. The maximum Gasteiger partial charge on any atom is 0.573 e. The van der Waals surface area contributed by atoms with Gasteiger partial charge in [-0.05, 0) is 24.3 Å². The van der Waals surface area contributed by atoms with Gasteiger partial charge in [0, 0.05) is 23.9 Å². The van der Waals surface area contributed by atoms with E-state index < -0.39 is 23.9 Å². The molecule has 0 saturated carbocycles. The number of ether oxygens (including phenoxy) is 1. The molecule has 0 aliphatic heterocycles. The monoisotopic (exact) mass is 329 g/mol. The highest BCUT2D eigenvalue weighted by molar-refractivity contribution is 5.87. The summed E-state index contributed by atoms with van der Waals surface area (Å²) in [5, 5.41) is 11.5. The molecule has 0 amide bonds. The molecular formula is C15H11F4NO3. The molecule has 0 radical (unpaired) electrons. The zero-order valence-electron chi connectivity index (χ0n) is 11.5. The maximum atomic E-state index is 13.7.